The van der Waals surface area contributed by atoms with Gasteiger partial charge >= 0.3 is 0 Å². The van der Waals surface area contributed by atoms with Crippen LogP contribution in [0.2, 0.25) is 0 Å². The second-order valence-electron chi connectivity index (χ2n) is 4.18. The van der Waals surface area contributed by atoms with Gasteiger partial charge in [0.15, 0.2) is 0 Å². The van der Waals surface area contributed by atoms with E-state index < -0.39 is 0 Å². The van der Waals surface area contributed by atoms with E-state index in [-0.39, 0.29) is 0 Å². The highest BCUT2D eigenvalue weighted by atomic mass is 16.3. The molecular weight excluding hydrogens is 190 g/mol. The monoisotopic (exact) mass is 209 g/mol. The lowest BCUT2D eigenvalue weighted by molar-refractivity contribution is 0.155. The number of hydrogen-bond donors (Lipinski definition) is 1. The van der Waals surface area contributed by atoms with E-state index >= 15 is 0 Å². The largest absolute Gasteiger partial charge is 0.395 e. The van der Waals surface area contributed by atoms with Crippen LogP contribution < -0.4 is 0 Å². The average Bonchev–Trinajstić information content (AvgIpc) is 2.83. The molecule has 0 aliphatic carbocycles. The van der Waals surface area contributed by atoms with E-state index in [2.05, 4.69) is 14.5 Å². The van der Waals surface area contributed by atoms with Gasteiger partial charge in [0.2, 0.25) is 0 Å². The number of nitrogens with zero attached hydrogens (tertiary/aromatic N) is 3. The summed E-state index contributed by atoms with van der Waals surface area (Å²) in [6.45, 7) is 5.43. The minimum atomic E-state index is 0.295. The van der Waals surface area contributed by atoms with Gasteiger partial charge in [-0.15, -0.1) is 0 Å². The van der Waals surface area contributed by atoms with Gasteiger partial charge in [0.05, 0.1) is 6.61 Å². The first-order valence-corrected chi connectivity index (χ1v) is 5.64. The van der Waals surface area contributed by atoms with Crippen LogP contribution in [0, 0.1) is 6.92 Å². The molecule has 0 unspecified atom stereocenters. The maximum atomic E-state index is 9.19. The Labute approximate surface area is 90.5 Å². The fraction of sp³-hybridized carbons (Fsp3) is 0.727. The lowest BCUT2D eigenvalue weighted by Gasteiger charge is -2.22. The van der Waals surface area contributed by atoms with E-state index in [1.165, 1.54) is 6.42 Å². The van der Waals surface area contributed by atoms with Crippen LogP contribution in [0.5, 0.6) is 0 Å². The Bertz CT molecular complexity index is 311. The molecule has 1 N–H and O–H groups in total. The first-order chi connectivity index (χ1) is 7.31. The van der Waals surface area contributed by atoms with E-state index in [4.69, 9.17) is 0 Å². The summed E-state index contributed by atoms with van der Waals surface area (Å²) in [5.41, 5.74) is 0. The number of aliphatic hydroxyl groups excluding tert-OH is 1. The Hall–Kier alpha value is -0.870. The number of aliphatic hydroxyl groups is 1. The van der Waals surface area contributed by atoms with Gasteiger partial charge in [-0.25, -0.2) is 4.98 Å². The molecule has 0 spiro atoms. The molecule has 0 bridgehead atoms. The Kier molecular flexibility index (Phi) is 3.38. The van der Waals surface area contributed by atoms with Crippen molar-refractivity contribution >= 4 is 0 Å². The van der Waals surface area contributed by atoms with E-state index in [9.17, 15) is 5.11 Å². The third-order valence-electron chi connectivity index (χ3n) is 3.26. The van der Waals surface area contributed by atoms with Crippen LogP contribution in [0.25, 0.3) is 0 Å². The Morgan fingerprint density at radius 2 is 2.40 bits per heavy atom. The zero-order valence-electron chi connectivity index (χ0n) is 9.26. The molecule has 1 aromatic heterocycles. The van der Waals surface area contributed by atoms with Crippen LogP contribution in [0.15, 0.2) is 12.4 Å². The van der Waals surface area contributed by atoms with Crippen molar-refractivity contribution in [2.24, 2.45) is 0 Å². The van der Waals surface area contributed by atoms with Crippen molar-refractivity contribution in [2.75, 3.05) is 19.7 Å². The molecule has 1 fully saturated rings. The first-order valence-electron chi connectivity index (χ1n) is 5.64. The zero-order chi connectivity index (χ0) is 10.7. The van der Waals surface area contributed by atoms with Crippen LogP contribution in [-0.4, -0.2) is 45.3 Å². The standard InChI is InChI=1S/C11H19N3O/c1-10-12-4-6-13(10)7-8-14-5-2-3-11(14)9-15/h4,6,11,15H,2-3,5,7-9H2,1H3/t11-/m0/s1. The number of aromatic nitrogens is 2. The smallest absolute Gasteiger partial charge is 0.105 e. The second kappa shape index (κ2) is 4.77. The quantitative estimate of drug-likeness (QED) is 0.791. The number of rotatable bonds is 4. The molecule has 1 atom stereocenters. The molecule has 2 rings (SSSR count). The van der Waals surface area contributed by atoms with E-state index in [1.807, 2.05) is 19.3 Å². The molecule has 4 nitrogen and oxygen atoms in total. The SMILES string of the molecule is Cc1nccn1CCN1CCC[C@H]1CO. The molecule has 2 heterocycles. The molecule has 0 amide bonds. The molecule has 4 heteroatoms. The summed E-state index contributed by atoms with van der Waals surface area (Å²) in [5, 5.41) is 9.19. The Morgan fingerprint density at radius 1 is 1.53 bits per heavy atom. The topological polar surface area (TPSA) is 41.3 Å². The molecule has 0 radical (unpaired) electrons. The summed E-state index contributed by atoms with van der Waals surface area (Å²) >= 11 is 0. The molecule has 1 aromatic rings. The van der Waals surface area contributed by atoms with Crippen molar-refractivity contribution < 1.29 is 5.11 Å². The minimum absolute atomic E-state index is 0.295. The third kappa shape index (κ3) is 2.38. The molecule has 0 aromatic carbocycles. The summed E-state index contributed by atoms with van der Waals surface area (Å²) in [4.78, 5) is 6.57. The summed E-state index contributed by atoms with van der Waals surface area (Å²) in [5.74, 6) is 1.06. The van der Waals surface area contributed by atoms with Crippen LogP contribution in [0.1, 0.15) is 18.7 Å². The van der Waals surface area contributed by atoms with Crippen LogP contribution in [0.3, 0.4) is 0 Å². The molecule has 84 valence electrons. The number of imidazole rings is 1. The summed E-state index contributed by atoms with van der Waals surface area (Å²) in [6, 6.07) is 0.383. The maximum absolute atomic E-state index is 9.19. The Morgan fingerprint density at radius 3 is 3.07 bits per heavy atom. The minimum Gasteiger partial charge on any atom is -0.395 e. The maximum Gasteiger partial charge on any atom is 0.105 e. The summed E-state index contributed by atoms with van der Waals surface area (Å²) < 4.78 is 2.16. The zero-order valence-corrected chi connectivity index (χ0v) is 9.26. The molecular formula is C11H19N3O. The first kappa shape index (κ1) is 10.6. The van der Waals surface area contributed by atoms with Gasteiger partial charge < -0.3 is 9.67 Å². The van der Waals surface area contributed by atoms with Crippen molar-refractivity contribution in [1.82, 2.24) is 14.5 Å². The van der Waals surface area contributed by atoms with Crippen molar-refractivity contribution in [2.45, 2.75) is 32.4 Å². The van der Waals surface area contributed by atoms with Gasteiger partial charge in [-0.3, -0.25) is 4.90 Å². The number of likely N-dealkylation sites (tertiary alicyclic amines) is 1. The lowest BCUT2D eigenvalue weighted by Crippen LogP contribution is -2.34. The average molecular weight is 209 g/mol. The highest BCUT2D eigenvalue weighted by molar-refractivity contribution is 4.89. The van der Waals surface area contributed by atoms with E-state index in [0.29, 0.717) is 12.6 Å². The fourth-order valence-corrected chi connectivity index (χ4v) is 2.27. The van der Waals surface area contributed by atoms with E-state index in [0.717, 1.165) is 31.9 Å². The molecule has 0 saturated carbocycles. The predicted octanol–water partition coefficient (Wildman–Crippen LogP) is 0.648. The summed E-state index contributed by atoms with van der Waals surface area (Å²) in [7, 11) is 0. The van der Waals surface area contributed by atoms with Crippen LogP contribution in [0.4, 0.5) is 0 Å². The lowest BCUT2D eigenvalue weighted by atomic mass is 10.2. The highest BCUT2D eigenvalue weighted by Crippen LogP contribution is 2.16. The van der Waals surface area contributed by atoms with Gasteiger partial charge in [0, 0.05) is 31.5 Å². The number of aryl methyl sites for hydroxylation is 1. The van der Waals surface area contributed by atoms with Gasteiger partial charge in [-0.1, -0.05) is 0 Å². The Balaban J connectivity index is 1.85. The molecule has 15 heavy (non-hydrogen) atoms. The van der Waals surface area contributed by atoms with Gasteiger partial charge in [-0.2, -0.15) is 0 Å². The van der Waals surface area contributed by atoms with Gasteiger partial charge in [-0.05, 0) is 26.3 Å². The third-order valence-corrected chi connectivity index (χ3v) is 3.26. The fourth-order valence-electron chi connectivity index (χ4n) is 2.27. The second-order valence-corrected chi connectivity index (χ2v) is 4.18. The van der Waals surface area contributed by atoms with Crippen molar-refractivity contribution in [1.29, 1.82) is 0 Å². The van der Waals surface area contributed by atoms with Crippen LogP contribution >= 0.6 is 0 Å². The molecule has 1 saturated heterocycles. The number of hydrogen-bond acceptors (Lipinski definition) is 3. The highest BCUT2D eigenvalue weighted by Gasteiger charge is 2.22. The van der Waals surface area contributed by atoms with E-state index in [1.54, 1.807) is 0 Å². The van der Waals surface area contributed by atoms with Gasteiger partial charge in [0.25, 0.3) is 0 Å². The predicted molar refractivity (Wildman–Crippen MR) is 58.6 cm³/mol. The van der Waals surface area contributed by atoms with Crippen LogP contribution in [-0.2, 0) is 6.54 Å². The van der Waals surface area contributed by atoms with Crippen molar-refractivity contribution in [3.05, 3.63) is 18.2 Å². The normalized spacial score (nSPS) is 22.4. The molecule has 1 aliphatic rings. The molecule has 1 aliphatic heterocycles. The van der Waals surface area contributed by atoms with Crippen molar-refractivity contribution in [3.8, 4) is 0 Å². The van der Waals surface area contributed by atoms with Crippen molar-refractivity contribution in [3.63, 3.8) is 0 Å². The van der Waals surface area contributed by atoms with Gasteiger partial charge in [0.1, 0.15) is 5.82 Å². The summed E-state index contributed by atoms with van der Waals surface area (Å²) in [6.07, 6.45) is 6.20.